The lowest BCUT2D eigenvalue weighted by atomic mass is 10.3. The second-order valence-electron chi connectivity index (χ2n) is 2.27. The predicted molar refractivity (Wildman–Crippen MR) is 56.4 cm³/mol. The topological polar surface area (TPSA) is 52.6 Å². The third kappa shape index (κ3) is 17.5. The van der Waals surface area contributed by atoms with E-state index in [2.05, 4.69) is 20.9 Å². The quantitative estimate of drug-likeness (QED) is 0.415. The van der Waals surface area contributed by atoms with E-state index in [0.29, 0.717) is 0 Å². The second kappa shape index (κ2) is 12.4. The summed E-state index contributed by atoms with van der Waals surface area (Å²) in [7, 11) is 0.558. The van der Waals surface area contributed by atoms with Gasteiger partial charge >= 0.3 is 8.25 Å². The van der Waals surface area contributed by atoms with E-state index >= 15 is 0 Å². The van der Waals surface area contributed by atoms with Gasteiger partial charge in [0.2, 0.25) is 5.78 Å². The van der Waals surface area contributed by atoms with E-state index in [0.717, 1.165) is 12.8 Å². The Morgan fingerprint density at radius 3 is 2.07 bits per heavy atom. The first-order valence-electron chi connectivity index (χ1n) is 4.19. The Balaban J connectivity index is 0. The molecular formula is C9H17O4P. The highest BCUT2D eigenvalue weighted by molar-refractivity contribution is 7.33. The van der Waals surface area contributed by atoms with E-state index in [-0.39, 0.29) is 5.78 Å². The monoisotopic (exact) mass is 220 g/mol. The summed E-state index contributed by atoms with van der Waals surface area (Å²) in [6, 6.07) is 0. The van der Waals surface area contributed by atoms with Crippen LogP contribution in [0, 0.1) is 11.8 Å². The molecule has 0 atom stereocenters. The first-order valence-corrected chi connectivity index (χ1v) is 5.42. The smallest absolute Gasteiger partial charge is 0.314 e. The van der Waals surface area contributed by atoms with Crippen molar-refractivity contribution in [3.63, 3.8) is 0 Å². The molecule has 5 heteroatoms. The molecule has 0 saturated carbocycles. The maximum absolute atomic E-state index is 10.1. The van der Waals surface area contributed by atoms with E-state index < -0.39 is 8.25 Å². The van der Waals surface area contributed by atoms with Crippen LogP contribution in [0.1, 0.15) is 26.7 Å². The Hall–Kier alpha value is -0.620. The largest absolute Gasteiger partial charge is 0.318 e. The summed E-state index contributed by atoms with van der Waals surface area (Å²) in [4.78, 5) is 10.1. The predicted octanol–water partition coefficient (Wildman–Crippen LogP) is 2.05. The lowest BCUT2D eigenvalue weighted by molar-refractivity contribution is -0.111. The Labute approximate surface area is 85.9 Å². The van der Waals surface area contributed by atoms with Crippen LogP contribution < -0.4 is 0 Å². The summed E-state index contributed by atoms with van der Waals surface area (Å²) in [5.41, 5.74) is 0. The zero-order valence-corrected chi connectivity index (χ0v) is 10.0. The summed E-state index contributed by atoms with van der Waals surface area (Å²) in [6.45, 7) is 3.51. The van der Waals surface area contributed by atoms with Crippen LogP contribution in [0.4, 0.5) is 0 Å². The fourth-order valence-electron chi connectivity index (χ4n) is 0.395. The van der Waals surface area contributed by atoms with Crippen LogP contribution in [0.3, 0.4) is 0 Å². The molecule has 0 fully saturated rings. The van der Waals surface area contributed by atoms with Gasteiger partial charge in [0, 0.05) is 27.6 Å². The molecule has 82 valence electrons. The molecular weight excluding hydrogens is 203 g/mol. The van der Waals surface area contributed by atoms with Gasteiger partial charge in [-0.25, -0.2) is 0 Å². The van der Waals surface area contributed by atoms with Crippen molar-refractivity contribution in [1.82, 2.24) is 0 Å². The van der Waals surface area contributed by atoms with E-state index in [4.69, 9.17) is 0 Å². The zero-order chi connectivity index (χ0) is 11.4. The Morgan fingerprint density at radius 1 is 1.36 bits per heavy atom. The fourth-order valence-corrected chi connectivity index (χ4v) is 0.562. The number of unbranched alkanes of at least 4 members (excludes halogenated alkanes) is 1. The number of carbonyl (C=O) groups is 1. The van der Waals surface area contributed by atoms with Gasteiger partial charge in [-0.15, -0.1) is 0 Å². The molecule has 0 aliphatic rings. The van der Waals surface area contributed by atoms with Gasteiger partial charge in [0.1, 0.15) is 0 Å². The number of carbonyl (C=O) groups excluding carboxylic acids is 1. The molecule has 0 saturated heterocycles. The third-order valence-electron chi connectivity index (χ3n) is 0.973. The van der Waals surface area contributed by atoms with Crippen LogP contribution in [0.25, 0.3) is 0 Å². The summed E-state index contributed by atoms with van der Waals surface area (Å²) < 4.78 is 18.4. The molecule has 0 unspecified atom stereocenters. The van der Waals surface area contributed by atoms with Crippen molar-refractivity contribution >= 4 is 14.0 Å². The molecule has 0 radical (unpaired) electrons. The molecule has 0 aliphatic heterocycles. The second-order valence-corrected chi connectivity index (χ2v) is 3.58. The van der Waals surface area contributed by atoms with Gasteiger partial charge in [-0.3, -0.25) is 9.36 Å². The maximum Gasteiger partial charge on any atom is 0.318 e. The van der Waals surface area contributed by atoms with Crippen molar-refractivity contribution in [3.05, 3.63) is 0 Å². The summed E-state index contributed by atoms with van der Waals surface area (Å²) >= 11 is 0. The number of hydrogen-bond donors (Lipinski definition) is 0. The van der Waals surface area contributed by atoms with Crippen LogP contribution in [0.5, 0.6) is 0 Å². The van der Waals surface area contributed by atoms with E-state index in [1.807, 2.05) is 6.92 Å². The number of ketones is 1. The molecule has 4 nitrogen and oxygen atoms in total. The van der Waals surface area contributed by atoms with Gasteiger partial charge < -0.3 is 9.05 Å². The van der Waals surface area contributed by atoms with Crippen molar-refractivity contribution in [1.29, 1.82) is 0 Å². The summed E-state index contributed by atoms with van der Waals surface area (Å²) in [6.07, 6.45) is 1.86. The zero-order valence-electron chi connectivity index (χ0n) is 9.05. The summed E-state index contributed by atoms with van der Waals surface area (Å²) in [5.74, 6) is 5.15. The van der Waals surface area contributed by atoms with Crippen LogP contribution in [0.2, 0.25) is 0 Å². The van der Waals surface area contributed by atoms with Gasteiger partial charge in [-0.05, 0) is 12.3 Å². The molecule has 0 amide bonds. The average molecular weight is 220 g/mol. The van der Waals surface area contributed by atoms with Gasteiger partial charge in [0.15, 0.2) is 0 Å². The normalized spacial score (nSPS) is 8.36. The third-order valence-corrected chi connectivity index (χ3v) is 1.64. The minimum absolute atomic E-state index is 0.0431. The van der Waals surface area contributed by atoms with Crippen LogP contribution in [-0.4, -0.2) is 20.0 Å². The molecule has 0 N–H and O–H groups in total. The van der Waals surface area contributed by atoms with Crippen molar-refractivity contribution < 1.29 is 18.4 Å². The first kappa shape index (κ1) is 15.8. The van der Waals surface area contributed by atoms with Crippen molar-refractivity contribution in [2.45, 2.75) is 26.7 Å². The van der Waals surface area contributed by atoms with Gasteiger partial charge in [-0.1, -0.05) is 12.8 Å². The highest BCUT2D eigenvalue weighted by Gasteiger charge is 1.83. The van der Waals surface area contributed by atoms with Crippen LogP contribution in [0.15, 0.2) is 0 Å². The fraction of sp³-hybridized carbons (Fsp3) is 0.667. The Kier molecular flexibility index (Phi) is 14.0. The van der Waals surface area contributed by atoms with Crippen LogP contribution in [-0.2, 0) is 18.4 Å². The van der Waals surface area contributed by atoms with Crippen molar-refractivity contribution in [2.24, 2.45) is 0 Å². The number of hydrogen-bond acceptors (Lipinski definition) is 4. The van der Waals surface area contributed by atoms with E-state index in [1.165, 1.54) is 21.1 Å². The van der Waals surface area contributed by atoms with Crippen molar-refractivity contribution in [3.8, 4) is 11.8 Å². The van der Waals surface area contributed by atoms with Crippen LogP contribution >= 0.6 is 8.25 Å². The number of rotatable bonds is 3. The average Bonchev–Trinajstić information content (AvgIpc) is 2.17. The maximum atomic E-state index is 10.1. The minimum atomic E-state index is -2.12. The standard InChI is InChI=1S/C7H10O.C2H7O3P/c1-3-4-5-6-7(2)8;1-4-6(3)5-2/h3-4H2,1-2H3;6H,1-2H3. The molecule has 0 aliphatic carbocycles. The number of Topliss-reactive ketones (excluding diaryl/α,β-unsaturated/α-hetero) is 1. The SMILES string of the molecule is CCCC#CC(C)=O.CO[PH](=O)OC. The molecule has 0 bridgehead atoms. The molecule has 0 aromatic heterocycles. The van der Waals surface area contributed by atoms with E-state index in [1.54, 1.807) is 0 Å². The molecule has 0 rings (SSSR count). The molecule has 0 aromatic rings. The highest BCUT2D eigenvalue weighted by Crippen LogP contribution is 2.18. The molecule has 14 heavy (non-hydrogen) atoms. The van der Waals surface area contributed by atoms with Gasteiger partial charge in [0.25, 0.3) is 0 Å². The first-order chi connectivity index (χ1) is 6.58. The lowest BCUT2D eigenvalue weighted by Gasteiger charge is -1.89. The van der Waals surface area contributed by atoms with Gasteiger partial charge in [-0.2, -0.15) is 0 Å². The van der Waals surface area contributed by atoms with Gasteiger partial charge in [0.05, 0.1) is 0 Å². The molecule has 0 aromatic carbocycles. The Bertz CT molecular complexity index is 221. The van der Waals surface area contributed by atoms with E-state index in [9.17, 15) is 9.36 Å². The lowest BCUT2D eigenvalue weighted by Crippen LogP contribution is -1.79. The highest BCUT2D eigenvalue weighted by atomic mass is 31.1. The molecule has 0 spiro atoms. The summed E-state index contributed by atoms with van der Waals surface area (Å²) in [5, 5.41) is 0. The van der Waals surface area contributed by atoms with Crippen molar-refractivity contribution in [2.75, 3.05) is 14.2 Å². The molecule has 0 heterocycles. The Morgan fingerprint density at radius 2 is 1.86 bits per heavy atom. The minimum Gasteiger partial charge on any atom is -0.314 e.